The van der Waals surface area contributed by atoms with Crippen molar-refractivity contribution in [3.63, 3.8) is 0 Å². The van der Waals surface area contributed by atoms with E-state index in [0.29, 0.717) is 23.2 Å². The van der Waals surface area contributed by atoms with Crippen LogP contribution in [0, 0.1) is 6.92 Å². The Morgan fingerprint density at radius 1 is 1.30 bits per heavy atom. The summed E-state index contributed by atoms with van der Waals surface area (Å²) in [5.74, 6) is 0.943. The van der Waals surface area contributed by atoms with Gasteiger partial charge in [-0.3, -0.25) is 4.79 Å². The molecule has 1 aliphatic rings. The Labute approximate surface area is 161 Å². The molecule has 2 heterocycles. The van der Waals surface area contributed by atoms with Crippen LogP contribution in [0.1, 0.15) is 44.6 Å². The third-order valence-corrected chi connectivity index (χ3v) is 6.10. The minimum absolute atomic E-state index is 0.0512. The lowest BCUT2D eigenvalue weighted by atomic mass is 10.1. The van der Waals surface area contributed by atoms with Crippen LogP contribution in [0.3, 0.4) is 0 Å². The molecule has 7 heteroatoms. The highest BCUT2D eigenvalue weighted by Gasteiger charge is 2.26. The molecule has 1 aliphatic carbocycles. The first-order valence-electron chi connectivity index (χ1n) is 8.84. The van der Waals surface area contributed by atoms with Crippen molar-refractivity contribution in [1.29, 1.82) is 0 Å². The Morgan fingerprint density at radius 3 is 2.89 bits per heavy atom. The van der Waals surface area contributed by atoms with Crippen LogP contribution in [0.15, 0.2) is 24.3 Å². The van der Waals surface area contributed by atoms with E-state index in [1.807, 2.05) is 19.1 Å². The van der Waals surface area contributed by atoms with Crippen molar-refractivity contribution in [3.05, 3.63) is 51.7 Å². The van der Waals surface area contributed by atoms with Gasteiger partial charge in [0.25, 0.3) is 5.91 Å². The molecular formula is C20H21N3O3S. The summed E-state index contributed by atoms with van der Waals surface area (Å²) in [5.41, 5.74) is 3.37. The molecule has 1 atom stereocenters. The van der Waals surface area contributed by atoms with Gasteiger partial charge in [0.05, 0.1) is 23.4 Å². The molecule has 1 aromatic carbocycles. The molecule has 140 valence electrons. The quantitative estimate of drug-likeness (QED) is 0.729. The molecule has 0 fully saturated rings. The fourth-order valence-electron chi connectivity index (χ4n) is 3.63. The van der Waals surface area contributed by atoms with E-state index in [1.165, 1.54) is 22.5 Å². The smallest absolute Gasteiger partial charge is 0.262 e. The van der Waals surface area contributed by atoms with E-state index in [4.69, 9.17) is 9.47 Å². The number of rotatable bonds is 5. The summed E-state index contributed by atoms with van der Waals surface area (Å²) >= 11 is 1.37. The van der Waals surface area contributed by atoms with Gasteiger partial charge in [-0.2, -0.15) is 4.98 Å². The van der Waals surface area contributed by atoms with Crippen molar-refractivity contribution in [2.75, 3.05) is 14.2 Å². The summed E-state index contributed by atoms with van der Waals surface area (Å²) in [4.78, 5) is 23.3. The lowest BCUT2D eigenvalue weighted by Crippen LogP contribution is -2.26. The number of carbonyl (C=O) groups excluding carboxylic acids is 1. The maximum absolute atomic E-state index is 13.0. The Morgan fingerprint density at radius 2 is 2.11 bits per heavy atom. The number of fused-ring (bicyclic) bond motifs is 2. The van der Waals surface area contributed by atoms with Crippen LogP contribution >= 0.6 is 11.3 Å². The third-order valence-electron chi connectivity index (χ3n) is 4.91. The minimum atomic E-state index is -0.0763. The SMILES string of the molecule is COCc1nc(OC)c2c(C)c(C(=O)NC3CCc4ccccc43)sc2n1. The Kier molecular flexibility index (Phi) is 4.80. The predicted octanol–water partition coefficient (Wildman–Crippen LogP) is 3.57. The third kappa shape index (κ3) is 3.17. The molecule has 0 bridgehead atoms. The maximum atomic E-state index is 13.0. The first-order valence-corrected chi connectivity index (χ1v) is 9.65. The Balaban J connectivity index is 1.67. The van der Waals surface area contributed by atoms with Gasteiger partial charge in [0.15, 0.2) is 5.82 Å². The molecule has 1 amide bonds. The number of methoxy groups -OCH3 is 2. The van der Waals surface area contributed by atoms with E-state index < -0.39 is 0 Å². The van der Waals surface area contributed by atoms with Crippen LogP contribution in [0.2, 0.25) is 0 Å². The van der Waals surface area contributed by atoms with Gasteiger partial charge in [-0.15, -0.1) is 11.3 Å². The fourth-order valence-corrected chi connectivity index (χ4v) is 4.73. The summed E-state index contributed by atoms with van der Waals surface area (Å²) in [7, 11) is 3.17. The van der Waals surface area contributed by atoms with Crippen molar-refractivity contribution in [3.8, 4) is 5.88 Å². The average molecular weight is 383 g/mol. The number of nitrogens with zero attached hydrogens (tertiary/aromatic N) is 2. The van der Waals surface area contributed by atoms with E-state index in [1.54, 1.807) is 14.2 Å². The molecule has 4 rings (SSSR count). The van der Waals surface area contributed by atoms with E-state index in [2.05, 4.69) is 27.4 Å². The topological polar surface area (TPSA) is 73.3 Å². The van der Waals surface area contributed by atoms with Crippen molar-refractivity contribution in [2.45, 2.75) is 32.4 Å². The summed E-state index contributed by atoms with van der Waals surface area (Å²) in [5, 5.41) is 3.98. The largest absolute Gasteiger partial charge is 0.480 e. The van der Waals surface area contributed by atoms with E-state index >= 15 is 0 Å². The van der Waals surface area contributed by atoms with Crippen molar-refractivity contribution >= 4 is 27.5 Å². The lowest BCUT2D eigenvalue weighted by Gasteiger charge is -2.13. The number of aryl methyl sites for hydroxylation is 2. The van der Waals surface area contributed by atoms with Crippen LogP contribution in [0.5, 0.6) is 5.88 Å². The molecular weight excluding hydrogens is 362 g/mol. The zero-order valence-electron chi connectivity index (χ0n) is 15.5. The van der Waals surface area contributed by atoms with Gasteiger partial charge < -0.3 is 14.8 Å². The fraction of sp³-hybridized carbons (Fsp3) is 0.350. The van der Waals surface area contributed by atoms with Gasteiger partial charge in [0.1, 0.15) is 11.4 Å². The van der Waals surface area contributed by atoms with Gasteiger partial charge >= 0.3 is 0 Å². The van der Waals surface area contributed by atoms with E-state index in [-0.39, 0.29) is 11.9 Å². The molecule has 1 unspecified atom stereocenters. The summed E-state index contributed by atoms with van der Waals surface area (Å²) in [6.07, 6.45) is 1.92. The standard InChI is InChI=1S/C20H21N3O3S/c1-11-16-19(26-3)22-15(10-25-2)23-20(16)27-17(11)18(24)21-14-9-8-12-6-4-5-7-13(12)14/h4-7,14H,8-10H2,1-3H3,(H,21,24). The van der Waals surface area contributed by atoms with Crippen LogP contribution in [0.4, 0.5) is 0 Å². The van der Waals surface area contributed by atoms with Gasteiger partial charge in [0.2, 0.25) is 5.88 Å². The van der Waals surface area contributed by atoms with Crippen LogP contribution in [0.25, 0.3) is 10.2 Å². The maximum Gasteiger partial charge on any atom is 0.262 e. The van der Waals surface area contributed by atoms with Gasteiger partial charge in [-0.1, -0.05) is 24.3 Å². The van der Waals surface area contributed by atoms with Crippen LogP contribution in [-0.4, -0.2) is 30.1 Å². The highest BCUT2D eigenvalue weighted by Crippen LogP contribution is 2.36. The molecule has 27 heavy (non-hydrogen) atoms. The van der Waals surface area contributed by atoms with Crippen molar-refractivity contribution in [2.24, 2.45) is 0 Å². The first-order chi connectivity index (χ1) is 13.1. The normalized spacial score (nSPS) is 15.7. The average Bonchev–Trinajstić information content (AvgIpc) is 3.23. The van der Waals surface area contributed by atoms with Crippen LogP contribution < -0.4 is 10.1 Å². The zero-order valence-corrected chi connectivity index (χ0v) is 16.4. The summed E-state index contributed by atoms with van der Waals surface area (Å²) in [6, 6.07) is 8.34. The van der Waals surface area contributed by atoms with Gasteiger partial charge in [0, 0.05) is 7.11 Å². The first kappa shape index (κ1) is 17.9. The number of benzene rings is 1. The second kappa shape index (κ2) is 7.25. The minimum Gasteiger partial charge on any atom is -0.480 e. The Bertz CT molecular complexity index is 1020. The molecule has 0 aliphatic heterocycles. The number of hydrogen-bond acceptors (Lipinski definition) is 6. The van der Waals surface area contributed by atoms with Crippen molar-refractivity contribution < 1.29 is 14.3 Å². The predicted molar refractivity (Wildman–Crippen MR) is 104 cm³/mol. The van der Waals surface area contributed by atoms with E-state index in [9.17, 15) is 4.79 Å². The molecule has 3 aromatic rings. The van der Waals surface area contributed by atoms with Gasteiger partial charge in [-0.05, 0) is 36.5 Å². The number of carbonyl (C=O) groups is 1. The second-order valence-corrected chi connectivity index (χ2v) is 7.58. The highest BCUT2D eigenvalue weighted by atomic mass is 32.1. The van der Waals surface area contributed by atoms with E-state index in [0.717, 1.165) is 28.6 Å². The molecule has 2 aromatic heterocycles. The number of ether oxygens (including phenoxy) is 2. The molecule has 0 radical (unpaired) electrons. The number of hydrogen-bond donors (Lipinski definition) is 1. The molecule has 0 saturated heterocycles. The Hall–Kier alpha value is -2.51. The summed E-state index contributed by atoms with van der Waals surface area (Å²) in [6.45, 7) is 2.21. The molecule has 6 nitrogen and oxygen atoms in total. The number of amides is 1. The lowest BCUT2D eigenvalue weighted by molar-refractivity contribution is 0.0940. The van der Waals surface area contributed by atoms with Gasteiger partial charge in [-0.25, -0.2) is 4.98 Å². The highest BCUT2D eigenvalue weighted by molar-refractivity contribution is 7.20. The molecule has 1 N–H and O–H groups in total. The van der Waals surface area contributed by atoms with Crippen LogP contribution in [-0.2, 0) is 17.8 Å². The monoisotopic (exact) mass is 383 g/mol. The molecule has 0 saturated carbocycles. The second-order valence-electron chi connectivity index (χ2n) is 6.58. The molecule has 0 spiro atoms. The van der Waals surface area contributed by atoms with Crippen molar-refractivity contribution in [1.82, 2.24) is 15.3 Å². The zero-order chi connectivity index (χ0) is 19.0. The summed E-state index contributed by atoms with van der Waals surface area (Å²) < 4.78 is 10.6. The number of nitrogens with one attached hydrogen (secondary N) is 1. The number of thiophene rings is 1. The number of aromatic nitrogens is 2.